The van der Waals surface area contributed by atoms with Gasteiger partial charge in [0.2, 0.25) is 5.13 Å². The molecule has 3 fully saturated rings. The number of aromatic nitrogens is 2. The zero-order valence-electron chi connectivity index (χ0n) is 18.7. The van der Waals surface area contributed by atoms with Crippen molar-refractivity contribution in [2.75, 3.05) is 37.7 Å². The number of hydrogen-bond donors (Lipinski definition) is 1. The molecule has 0 bridgehead atoms. The first kappa shape index (κ1) is 21.2. The Bertz CT molecular complexity index is 868. The predicted molar refractivity (Wildman–Crippen MR) is 124 cm³/mol. The van der Waals surface area contributed by atoms with Crippen LogP contribution in [-0.4, -0.2) is 63.8 Å². The molecule has 2 aromatic rings. The van der Waals surface area contributed by atoms with E-state index in [-0.39, 0.29) is 0 Å². The van der Waals surface area contributed by atoms with Gasteiger partial charge in [-0.05, 0) is 76.6 Å². The largest absolute Gasteiger partial charge is 0.490 e. The zero-order chi connectivity index (χ0) is 21.5. The number of ether oxygens (including phenoxy) is 1. The van der Waals surface area contributed by atoms with E-state index in [9.17, 15) is 5.11 Å². The molecule has 31 heavy (non-hydrogen) atoms. The first-order valence-electron chi connectivity index (χ1n) is 11.6. The van der Waals surface area contributed by atoms with Crippen molar-refractivity contribution >= 4 is 16.7 Å². The molecule has 1 saturated carbocycles. The van der Waals surface area contributed by atoms with E-state index in [1.807, 2.05) is 6.07 Å². The van der Waals surface area contributed by atoms with Crippen LogP contribution in [0.5, 0.6) is 5.75 Å². The molecule has 1 atom stereocenters. The molecule has 1 spiro atoms. The Morgan fingerprint density at radius 2 is 1.97 bits per heavy atom. The van der Waals surface area contributed by atoms with E-state index in [0.717, 1.165) is 30.0 Å². The van der Waals surface area contributed by atoms with Crippen molar-refractivity contribution in [3.8, 4) is 5.75 Å². The van der Waals surface area contributed by atoms with Crippen molar-refractivity contribution in [3.63, 3.8) is 0 Å². The van der Waals surface area contributed by atoms with Gasteiger partial charge in [0.1, 0.15) is 18.7 Å². The van der Waals surface area contributed by atoms with Crippen LogP contribution in [0.4, 0.5) is 5.13 Å². The first-order valence-corrected chi connectivity index (χ1v) is 12.4. The highest BCUT2D eigenvalue weighted by Crippen LogP contribution is 2.49. The molecular formula is C24H34N4O2S. The van der Waals surface area contributed by atoms with Crippen LogP contribution in [0.3, 0.4) is 0 Å². The molecule has 3 aliphatic rings. The highest BCUT2D eigenvalue weighted by molar-refractivity contribution is 7.09. The highest BCUT2D eigenvalue weighted by Gasteiger charge is 2.50. The molecular weight excluding hydrogens is 408 g/mol. The summed E-state index contributed by atoms with van der Waals surface area (Å²) in [7, 11) is 0. The molecule has 1 N–H and O–H groups in total. The molecule has 7 heteroatoms. The average molecular weight is 443 g/mol. The molecule has 5 rings (SSSR count). The normalized spacial score (nSPS) is 24.5. The van der Waals surface area contributed by atoms with Crippen molar-refractivity contribution in [1.29, 1.82) is 0 Å². The lowest BCUT2D eigenvalue weighted by atomic mass is 9.78. The van der Waals surface area contributed by atoms with Crippen LogP contribution in [0.25, 0.3) is 0 Å². The van der Waals surface area contributed by atoms with Gasteiger partial charge in [0.05, 0.1) is 5.60 Å². The third kappa shape index (κ3) is 4.59. The predicted octanol–water partition coefficient (Wildman–Crippen LogP) is 3.93. The molecule has 1 aliphatic carbocycles. The number of hydrogen-bond acceptors (Lipinski definition) is 7. The molecule has 0 amide bonds. The van der Waals surface area contributed by atoms with Crippen LogP contribution in [-0.2, 0) is 0 Å². The Morgan fingerprint density at radius 3 is 2.68 bits per heavy atom. The second-order valence-corrected chi connectivity index (χ2v) is 11.2. The Hall–Kier alpha value is -1.70. The number of benzene rings is 1. The van der Waals surface area contributed by atoms with Gasteiger partial charge in [-0.25, -0.2) is 4.98 Å². The van der Waals surface area contributed by atoms with Crippen LogP contribution in [0.1, 0.15) is 57.4 Å². The third-order valence-electron chi connectivity index (χ3n) is 7.33. The number of rotatable bonds is 6. The molecule has 2 aliphatic heterocycles. The van der Waals surface area contributed by atoms with E-state index in [4.69, 9.17) is 4.74 Å². The summed E-state index contributed by atoms with van der Waals surface area (Å²) < 4.78 is 10.1. The summed E-state index contributed by atoms with van der Waals surface area (Å²) in [5, 5.41) is 11.1. The molecule has 0 radical (unpaired) electrons. The van der Waals surface area contributed by atoms with Crippen molar-refractivity contribution in [1.82, 2.24) is 14.3 Å². The lowest BCUT2D eigenvalue weighted by Crippen LogP contribution is -2.56. The maximum atomic E-state index is 10.0. The molecule has 1 aromatic heterocycles. The number of nitrogens with zero attached hydrogens (tertiary/aromatic N) is 4. The SMILES string of the molecule is CC(C)(O)COc1ccccc1C1CCN(C2CCC3(C2)CN(c2ncns2)C3)CC1. The second-order valence-electron chi connectivity index (χ2n) is 10.4. The van der Waals surface area contributed by atoms with Gasteiger partial charge in [-0.3, -0.25) is 0 Å². The molecule has 1 aromatic carbocycles. The van der Waals surface area contributed by atoms with E-state index in [0.29, 0.717) is 17.9 Å². The minimum absolute atomic E-state index is 0.321. The summed E-state index contributed by atoms with van der Waals surface area (Å²) in [4.78, 5) is 9.52. The fourth-order valence-corrected chi connectivity index (χ4v) is 6.29. The van der Waals surface area contributed by atoms with Crippen LogP contribution in [0.2, 0.25) is 0 Å². The second kappa shape index (κ2) is 8.34. The summed E-state index contributed by atoms with van der Waals surface area (Å²) in [5.41, 5.74) is 0.994. The maximum Gasteiger partial charge on any atom is 0.204 e. The van der Waals surface area contributed by atoms with Gasteiger partial charge in [-0.15, -0.1) is 0 Å². The standard InChI is InChI=1S/C24H34N4O2S/c1-23(2,29)16-30-21-6-4-3-5-20(21)18-8-11-27(12-9-18)19-7-10-24(13-19)14-28(15-24)22-25-17-26-31-22/h3-6,17-19,29H,7-16H2,1-2H3. The van der Waals surface area contributed by atoms with Crippen LogP contribution in [0, 0.1) is 5.41 Å². The Kier molecular flexibility index (Phi) is 5.69. The van der Waals surface area contributed by atoms with E-state index in [2.05, 4.69) is 37.4 Å². The van der Waals surface area contributed by atoms with Gasteiger partial charge >= 0.3 is 0 Å². The summed E-state index contributed by atoms with van der Waals surface area (Å²) in [6.07, 6.45) is 8.05. The summed E-state index contributed by atoms with van der Waals surface area (Å²) in [6.45, 7) is 8.55. The van der Waals surface area contributed by atoms with E-state index in [1.54, 1.807) is 20.2 Å². The molecule has 3 heterocycles. The summed E-state index contributed by atoms with van der Waals surface area (Å²) >= 11 is 1.51. The van der Waals surface area contributed by atoms with Gasteiger partial charge in [-0.1, -0.05) is 18.2 Å². The van der Waals surface area contributed by atoms with Gasteiger partial charge in [0.25, 0.3) is 0 Å². The third-order valence-corrected chi connectivity index (χ3v) is 8.06. The average Bonchev–Trinajstić information content (AvgIpc) is 3.41. The van der Waals surface area contributed by atoms with E-state index < -0.39 is 5.60 Å². The molecule has 168 valence electrons. The smallest absolute Gasteiger partial charge is 0.204 e. The fourth-order valence-electron chi connectivity index (χ4n) is 5.76. The molecule has 1 unspecified atom stereocenters. The van der Waals surface area contributed by atoms with E-state index >= 15 is 0 Å². The van der Waals surface area contributed by atoms with Crippen molar-refractivity contribution in [2.24, 2.45) is 5.41 Å². The Balaban J connectivity index is 1.14. The highest BCUT2D eigenvalue weighted by atomic mass is 32.1. The Labute approximate surface area is 189 Å². The van der Waals surface area contributed by atoms with Crippen LogP contribution in [0.15, 0.2) is 30.6 Å². The number of likely N-dealkylation sites (tertiary alicyclic amines) is 1. The minimum atomic E-state index is -0.817. The van der Waals surface area contributed by atoms with E-state index in [1.165, 1.54) is 62.3 Å². The number of aliphatic hydroxyl groups is 1. The lowest BCUT2D eigenvalue weighted by molar-refractivity contribution is 0.0278. The summed E-state index contributed by atoms with van der Waals surface area (Å²) in [5.74, 6) is 1.48. The van der Waals surface area contributed by atoms with Crippen molar-refractivity contribution in [3.05, 3.63) is 36.2 Å². The number of piperidine rings is 1. The van der Waals surface area contributed by atoms with Gasteiger partial charge < -0.3 is 19.6 Å². The van der Waals surface area contributed by atoms with Crippen LogP contribution >= 0.6 is 11.5 Å². The first-order chi connectivity index (χ1) is 14.9. The topological polar surface area (TPSA) is 61.7 Å². The maximum absolute atomic E-state index is 10.0. The summed E-state index contributed by atoms with van der Waals surface area (Å²) in [6, 6.07) is 9.13. The molecule has 2 saturated heterocycles. The van der Waals surface area contributed by atoms with Crippen LogP contribution < -0.4 is 9.64 Å². The number of para-hydroxylation sites is 1. The monoisotopic (exact) mass is 442 g/mol. The van der Waals surface area contributed by atoms with Crippen molar-refractivity contribution < 1.29 is 9.84 Å². The quantitative estimate of drug-likeness (QED) is 0.732. The minimum Gasteiger partial charge on any atom is -0.490 e. The fraction of sp³-hybridized carbons (Fsp3) is 0.667. The molecule has 6 nitrogen and oxygen atoms in total. The zero-order valence-corrected chi connectivity index (χ0v) is 19.5. The van der Waals surface area contributed by atoms with Gasteiger partial charge in [0.15, 0.2) is 0 Å². The lowest BCUT2D eigenvalue weighted by Gasteiger charge is -2.48. The van der Waals surface area contributed by atoms with Gasteiger partial charge in [0, 0.05) is 36.1 Å². The van der Waals surface area contributed by atoms with Crippen molar-refractivity contribution in [2.45, 2.75) is 63.5 Å². The Morgan fingerprint density at radius 1 is 1.19 bits per heavy atom. The van der Waals surface area contributed by atoms with Gasteiger partial charge in [-0.2, -0.15) is 4.37 Å². The number of anilines is 1.